The van der Waals surface area contributed by atoms with Gasteiger partial charge < -0.3 is 9.84 Å². The lowest BCUT2D eigenvalue weighted by atomic mass is 9.92. The zero-order valence-electron chi connectivity index (χ0n) is 9.36. The van der Waals surface area contributed by atoms with Gasteiger partial charge in [0.05, 0.1) is 11.8 Å². The summed E-state index contributed by atoms with van der Waals surface area (Å²) in [5.41, 5.74) is 2.63. The summed E-state index contributed by atoms with van der Waals surface area (Å²) in [4.78, 5) is 4.38. The van der Waals surface area contributed by atoms with Crippen molar-refractivity contribution in [1.82, 2.24) is 4.98 Å². The molecule has 0 aliphatic heterocycles. The molecule has 0 radical (unpaired) electrons. The zero-order chi connectivity index (χ0) is 11.5. The molecule has 0 amide bonds. The number of nitrogens with zero attached hydrogens (tertiary/aromatic N) is 1. The van der Waals surface area contributed by atoms with Crippen molar-refractivity contribution in [2.24, 2.45) is 0 Å². The number of ether oxygens (including phenoxy) is 1. The second-order valence-corrected chi connectivity index (χ2v) is 4.03. The molecule has 1 aromatic rings. The van der Waals surface area contributed by atoms with Crippen LogP contribution in [-0.2, 0) is 6.42 Å². The van der Waals surface area contributed by atoms with E-state index in [9.17, 15) is 5.11 Å². The number of rotatable bonds is 2. The van der Waals surface area contributed by atoms with Crippen molar-refractivity contribution in [1.29, 1.82) is 0 Å². The van der Waals surface area contributed by atoms with Gasteiger partial charge in [-0.2, -0.15) is 0 Å². The minimum atomic E-state index is -0.461. The Morgan fingerprint density at radius 1 is 1.69 bits per heavy atom. The fourth-order valence-electron chi connectivity index (χ4n) is 2.08. The molecule has 84 valence electrons. The van der Waals surface area contributed by atoms with Gasteiger partial charge in [0.15, 0.2) is 0 Å². The average molecular weight is 217 g/mol. The zero-order valence-corrected chi connectivity index (χ0v) is 9.36. The van der Waals surface area contributed by atoms with E-state index in [0.29, 0.717) is 0 Å². The van der Waals surface area contributed by atoms with Gasteiger partial charge in [-0.15, -0.1) is 6.42 Å². The third kappa shape index (κ3) is 2.02. The topological polar surface area (TPSA) is 42.4 Å². The maximum Gasteiger partial charge on any atom is 0.148 e. The van der Waals surface area contributed by atoms with Crippen LogP contribution in [-0.4, -0.2) is 16.7 Å². The van der Waals surface area contributed by atoms with Gasteiger partial charge in [0.25, 0.3) is 0 Å². The molecule has 0 saturated carbocycles. The molecule has 0 aromatic carbocycles. The number of aliphatic hydroxyl groups is 1. The molecule has 3 heteroatoms. The maximum absolute atomic E-state index is 9.88. The van der Waals surface area contributed by atoms with E-state index in [0.717, 1.165) is 42.0 Å². The molecular formula is C13H15NO2. The molecule has 3 nitrogen and oxygen atoms in total. The Kier molecular flexibility index (Phi) is 3.12. The van der Waals surface area contributed by atoms with Gasteiger partial charge in [0.2, 0.25) is 0 Å². The number of aromatic nitrogens is 1. The van der Waals surface area contributed by atoms with E-state index in [1.807, 2.05) is 13.0 Å². The number of hydrogen-bond acceptors (Lipinski definition) is 3. The second-order valence-electron chi connectivity index (χ2n) is 4.03. The van der Waals surface area contributed by atoms with E-state index in [-0.39, 0.29) is 6.61 Å². The minimum Gasteiger partial charge on any atom is -0.481 e. The SMILES string of the molecule is C#CCOc1cc(C)nc2c1CCCC2O. The van der Waals surface area contributed by atoms with E-state index < -0.39 is 6.10 Å². The predicted molar refractivity (Wildman–Crippen MR) is 61.2 cm³/mol. The summed E-state index contributed by atoms with van der Waals surface area (Å²) < 4.78 is 5.50. The molecule has 1 atom stereocenters. The van der Waals surface area contributed by atoms with Gasteiger partial charge in [-0.3, -0.25) is 4.98 Å². The molecule has 1 N–H and O–H groups in total. The van der Waals surface area contributed by atoms with Crippen molar-refractivity contribution in [2.75, 3.05) is 6.61 Å². The van der Waals surface area contributed by atoms with E-state index in [4.69, 9.17) is 11.2 Å². The Labute approximate surface area is 95.5 Å². The molecule has 1 unspecified atom stereocenters. The first-order valence-corrected chi connectivity index (χ1v) is 5.47. The van der Waals surface area contributed by atoms with Crippen molar-refractivity contribution in [3.05, 3.63) is 23.0 Å². The molecule has 0 fully saturated rings. The number of pyridine rings is 1. The van der Waals surface area contributed by atoms with Gasteiger partial charge in [0, 0.05) is 17.3 Å². The Bertz CT molecular complexity index is 434. The summed E-state index contributed by atoms with van der Waals surface area (Å²) in [7, 11) is 0. The molecule has 0 spiro atoms. The van der Waals surface area contributed by atoms with E-state index in [1.165, 1.54) is 0 Å². The van der Waals surface area contributed by atoms with Crippen LogP contribution in [0.1, 0.15) is 35.9 Å². The summed E-state index contributed by atoms with van der Waals surface area (Å²) in [5, 5.41) is 9.88. The van der Waals surface area contributed by atoms with Crippen molar-refractivity contribution < 1.29 is 9.84 Å². The van der Waals surface area contributed by atoms with Gasteiger partial charge >= 0.3 is 0 Å². The smallest absolute Gasteiger partial charge is 0.148 e. The fourth-order valence-corrected chi connectivity index (χ4v) is 2.08. The second kappa shape index (κ2) is 4.54. The van der Waals surface area contributed by atoms with Crippen LogP contribution in [0.4, 0.5) is 0 Å². The van der Waals surface area contributed by atoms with E-state index in [2.05, 4.69) is 10.9 Å². The summed E-state index contributed by atoms with van der Waals surface area (Å²) in [5.74, 6) is 3.23. The molecule has 2 rings (SSSR count). The fraction of sp³-hybridized carbons (Fsp3) is 0.462. The van der Waals surface area contributed by atoms with Gasteiger partial charge in [-0.25, -0.2) is 0 Å². The van der Waals surface area contributed by atoms with Crippen molar-refractivity contribution >= 4 is 0 Å². The first-order valence-electron chi connectivity index (χ1n) is 5.47. The first-order chi connectivity index (χ1) is 7.72. The van der Waals surface area contributed by atoms with Crippen LogP contribution in [0.2, 0.25) is 0 Å². The Balaban J connectivity index is 2.41. The molecule has 1 heterocycles. The summed E-state index contributed by atoms with van der Waals surface area (Å²) in [6, 6.07) is 1.88. The summed E-state index contributed by atoms with van der Waals surface area (Å²) in [6.45, 7) is 2.15. The summed E-state index contributed by atoms with van der Waals surface area (Å²) in [6.07, 6.45) is 7.36. The van der Waals surface area contributed by atoms with Crippen LogP contribution in [0.3, 0.4) is 0 Å². The quantitative estimate of drug-likeness (QED) is 0.768. The highest BCUT2D eigenvalue weighted by Gasteiger charge is 2.23. The third-order valence-electron chi connectivity index (χ3n) is 2.77. The van der Waals surface area contributed by atoms with Crippen molar-refractivity contribution in [2.45, 2.75) is 32.3 Å². The Hall–Kier alpha value is -1.53. The van der Waals surface area contributed by atoms with Crippen LogP contribution in [0.25, 0.3) is 0 Å². The molecule has 1 aliphatic rings. The normalized spacial score (nSPS) is 18.7. The van der Waals surface area contributed by atoms with Crippen LogP contribution in [0, 0.1) is 19.3 Å². The highest BCUT2D eigenvalue weighted by atomic mass is 16.5. The molecule has 1 aliphatic carbocycles. The molecule has 1 aromatic heterocycles. The lowest BCUT2D eigenvalue weighted by Crippen LogP contribution is -2.14. The molecule has 0 bridgehead atoms. The molecular weight excluding hydrogens is 202 g/mol. The first kappa shape index (κ1) is 11.0. The Morgan fingerprint density at radius 3 is 3.25 bits per heavy atom. The van der Waals surface area contributed by atoms with Gasteiger partial charge in [-0.1, -0.05) is 5.92 Å². The predicted octanol–water partition coefficient (Wildman–Crippen LogP) is 1.77. The van der Waals surface area contributed by atoms with Gasteiger partial charge in [0.1, 0.15) is 12.4 Å². The van der Waals surface area contributed by atoms with E-state index >= 15 is 0 Å². The largest absolute Gasteiger partial charge is 0.481 e. The van der Waals surface area contributed by atoms with Crippen LogP contribution >= 0.6 is 0 Å². The Morgan fingerprint density at radius 2 is 2.50 bits per heavy atom. The monoisotopic (exact) mass is 217 g/mol. The third-order valence-corrected chi connectivity index (χ3v) is 2.77. The van der Waals surface area contributed by atoms with Crippen molar-refractivity contribution in [3.63, 3.8) is 0 Å². The highest BCUT2D eigenvalue weighted by molar-refractivity contribution is 5.40. The maximum atomic E-state index is 9.88. The lowest BCUT2D eigenvalue weighted by Gasteiger charge is -2.23. The number of fused-ring (bicyclic) bond motifs is 1. The van der Waals surface area contributed by atoms with Gasteiger partial charge in [-0.05, 0) is 26.2 Å². The molecule has 0 saturated heterocycles. The highest BCUT2D eigenvalue weighted by Crippen LogP contribution is 2.34. The lowest BCUT2D eigenvalue weighted by molar-refractivity contribution is 0.150. The molecule has 16 heavy (non-hydrogen) atoms. The standard InChI is InChI=1S/C13H15NO2/c1-3-7-16-12-8-9(2)14-13-10(12)5-4-6-11(13)15/h1,8,11,15H,4-7H2,2H3. The van der Waals surface area contributed by atoms with Crippen LogP contribution < -0.4 is 4.74 Å². The number of aryl methyl sites for hydroxylation is 1. The summed E-state index contributed by atoms with van der Waals surface area (Å²) >= 11 is 0. The number of terminal acetylenes is 1. The minimum absolute atomic E-state index is 0.256. The number of hydrogen-bond donors (Lipinski definition) is 1. The van der Waals surface area contributed by atoms with Crippen molar-refractivity contribution in [3.8, 4) is 18.1 Å². The van der Waals surface area contributed by atoms with Crippen LogP contribution in [0.5, 0.6) is 5.75 Å². The van der Waals surface area contributed by atoms with Crippen LogP contribution in [0.15, 0.2) is 6.07 Å². The van der Waals surface area contributed by atoms with E-state index in [1.54, 1.807) is 0 Å². The number of aliphatic hydroxyl groups excluding tert-OH is 1. The average Bonchev–Trinajstić information content (AvgIpc) is 2.27.